The fourth-order valence-electron chi connectivity index (χ4n) is 3.73. The molecule has 2 heterocycles. The molecular weight excluding hydrogens is 414 g/mol. The molecule has 32 heavy (non-hydrogen) atoms. The summed E-state index contributed by atoms with van der Waals surface area (Å²) in [4.78, 5) is 19.0. The molecule has 0 bridgehead atoms. The summed E-state index contributed by atoms with van der Waals surface area (Å²) >= 11 is 0. The van der Waals surface area contributed by atoms with Gasteiger partial charge in [0.25, 0.3) is 0 Å². The van der Waals surface area contributed by atoms with E-state index in [-0.39, 0.29) is 18.2 Å². The van der Waals surface area contributed by atoms with Crippen LogP contribution in [0, 0.1) is 0 Å². The van der Waals surface area contributed by atoms with Gasteiger partial charge in [-0.1, -0.05) is 5.16 Å². The minimum absolute atomic E-state index is 0.0508. The molecule has 4 rings (SSSR count). The smallest absolute Gasteiger partial charge is 0.232 e. The molecule has 0 N–H and O–H groups in total. The lowest BCUT2D eigenvalue weighted by atomic mass is 10.1. The van der Waals surface area contributed by atoms with E-state index in [9.17, 15) is 4.79 Å². The molecule has 2 aromatic carbocycles. The van der Waals surface area contributed by atoms with Gasteiger partial charge in [0.1, 0.15) is 5.75 Å². The zero-order valence-corrected chi connectivity index (χ0v) is 18.5. The largest absolute Gasteiger partial charge is 0.494 e. The monoisotopic (exact) mass is 439 g/mol. The van der Waals surface area contributed by atoms with Gasteiger partial charge in [0, 0.05) is 30.7 Å². The molecular formula is C23H25N3O6. The quantitative estimate of drug-likeness (QED) is 0.524. The number of hydrogen-bond donors (Lipinski definition) is 0. The van der Waals surface area contributed by atoms with Gasteiger partial charge >= 0.3 is 0 Å². The molecule has 1 aliphatic rings. The molecule has 9 heteroatoms. The number of amides is 1. The van der Waals surface area contributed by atoms with Crippen molar-refractivity contribution in [3.63, 3.8) is 0 Å². The van der Waals surface area contributed by atoms with E-state index in [4.69, 9.17) is 23.5 Å². The van der Waals surface area contributed by atoms with E-state index >= 15 is 0 Å². The van der Waals surface area contributed by atoms with E-state index in [2.05, 4.69) is 10.1 Å². The molecule has 1 amide bonds. The summed E-state index contributed by atoms with van der Waals surface area (Å²) in [6.07, 6.45) is 0.265. The van der Waals surface area contributed by atoms with Crippen LogP contribution in [0.3, 0.4) is 0 Å². The number of hydrogen-bond acceptors (Lipinski definition) is 8. The molecule has 168 valence electrons. The summed E-state index contributed by atoms with van der Waals surface area (Å²) in [6, 6.07) is 11.0. The van der Waals surface area contributed by atoms with Crippen LogP contribution < -0.4 is 23.8 Å². The third kappa shape index (κ3) is 4.05. The first-order valence-corrected chi connectivity index (χ1v) is 10.2. The van der Waals surface area contributed by atoms with Crippen molar-refractivity contribution in [1.29, 1.82) is 0 Å². The van der Waals surface area contributed by atoms with E-state index in [1.54, 1.807) is 17.0 Å². The Balaban J connectivity index is 1.55. The molecule has 0 spiro atoms. The number of ether oxygens (including phenoxy) is 4. The molecule has 9 nitrogen and oxygen atoms in total. The Morgan fingerprint density at radius 1 is 1.06 bits per heavy atom. The van der Waals surface area contributed by atoms with Crippen molar-refractivity contribution in [2.45, 2.75) is 19.3 Å². The van der Waals surface area contributed by atoms with Gasteiger partial charge < -0.3 is 28.4 Å². The number of methoxy groups -OCH3 is 3. The number of aromatic nitrogens is 2. The van der Waals surface area contributed by atoms with E-state index in [0.29, 0.717) is 47.8 Å². The summed E-state index contributed by atoms with van der Waals surface area (Å²) in [6.45, 7) is 2.94. The summed E-state index contributed by atoms with van der Waals surface area (Å²) < 4.78 is 27.1. The maximum Gasteiger partial charge on any atom is 0.232 e. The molecule has 1 atom stereocenters. The Hall–Kier alpha value is -3.75. The highest BCUT2D eigenvalue weighted by Crippen LogP contribution is 2.43. The zero-order chi connectivity index (χ0) is 22.7. The van der Waals surface area contributed by atoms with Crippen LogP contribution in [0.1, 0.15) is 25.2 Å². The third-order valence-corrected chi connectivity index (χ3v) is 5.30. The first-order valence-electron chi connectivity index (χ1n) is 10.2. The minimum atomic E-state index is -0.217. The lowest BCUT2D eigenvalue weighted by Gasteiger charge is -2.20. The average molecular weight is 439 g/mol. The Morgan fingerprint density at radius 2 is 1.75 bits per heavy atom. The Labute approximate surface area is 185 Å². The van der Waals surface area contributed by atoms with Crippen molar-refractivity contribution in [2.24, 2.45) is 0 Å². The number of benzene rings is 2. The highest BCUT2D eigenvalue weighted by molar-refractivity contribution is 5.97. The van der Waals surface area contributed by atoms with Crippen LogP contribution in [-0.2, 0) is 4.79 Å². The van der Waals surface area contributed by atoms with E-state index in [1.165, 1.54) is 21.3 Å². The van der Waals surface area contributed by atoms with Crippen molar-refractivity contribution in [1.82, 2.24) is 10.1 Å². The Bertz CT molecular complexity index is 1070. The normalized spacial score (nSPS) is 15.7. The fourth-order valence-corrected chi connectivity index (χ4v) is 3.73. The molecule has 0 saturated carbocycles. The van der Waals surface area contributed by atoms with Gasteiger partial charge in [-0.25, -0.2) is 0 Å². The van der Waals surface area contributed by atoms with Gasteiger partial charge in [-0.2, -0.15) is 4.98 Å². The van der Waals surface area contributed by atoms with Crippen LogP contribution >= 0.6 is 0 Å². The number of carbonyl (C=O) groups excluding carboxylic acids is 1. The van der Waals surface area contributed by atoms with Gasteiger partial charge in [-0.05, 0) is 31.2 Å². The maximum absolute atomic E-state index is 12.8. The number of nitrogens with zero attached hydrogens (tertiary/aromatic N) is 3. The Morgan fingerprint density at radius 3 is 2.34 bits per heavy atom. The second-order valence-corrected chi connectivity index (χ2v) is 7.20. The second kappa shape index (κ2) is 9.17. The third-order valence-electron chi connectivity index (χ3n) is 5.30. The van der Waals surface area contributed by atoms with Crippen LogP contribution in [-0.4, -0.2) is 50.5 Å². The maximum atomic E-state index is 12.8. The van der Waals surface area contributed by atoms with Crippen LogP contribution in [0.25, 0.3) is 11.4 Å². The van der Waals surface area contributed by atoms with Gasteiger partial charge in [-0.3, -0.25) is 4.79 Å². The summed E-state index contributed by atoms with van der Waals surface area (Å²) in [5, 5.41) is 4.09. The standard InChI is InChI=1S/C23H25N3O6/c1-5-31-17-8-6-14(7-9-17)22-24-23(32-25-22)15-10-20(27)26(13-15)16-11-18(28-2)21(30-4)19(12-16)29-3/h6-9,11-12,15H,5,10,13H2,1-4H3. The number of rotatable bonds is 8. The topological polar surface area (TPSA) is 96.2 Å². The highest BCUT2D eigenvalue weighted by atomic mass is 16.5. The average Bonchev–Trinajstić information content (AvgIpc) is 3.46. The van der Waals surface area contributed by atoms with Crippen molar-refractivity contribution >= 4 is 11.6 Å². The molecule has 0 radical (unpaired) electrons. The molecule has 1 saturated heterocycles. The molecule has 3 aromatic rings. The fraction of sp³-hybridized carbons (Fsp3) is 0.348. The summed E-state index contributed by atoms with van der Waals surface area (Å²) in [5.41, 5.74) is 1.47. The van der Waals surface area contributed by atoms with E-state index < -0.39 is 0 Å². The minimum Gasteiger partial charge on any atom is -0.494 e. The highest BCUT2D eigenvalue weighted by Gasteiger charge is 2.36. The Kier molecular flexibility index (Phi) is 6.16. The molecule has 1 fully saturated rings. The summed E-state index contributed by atoms with van der Waals surface area (Å²) in [5.74, 6) is 2.85. The second-order valence-electron chi connectivity index (χ2n) is 7.20. The molecule has 0 aliphatic carbocycles. The van der Waals surface area contributed by atoms with Crippen LogP contribution in [0.4, 0.5) is 5.69 Å². The SMILES string of the molecule is CCOc1ccc(-c2noc(C3CC(=O)N(c4cc(OC)c(OC)c(OC)c4)C3)n2)cc1. The van der Waals surface area contributed by atoms with Crippen molar-refractivity contribution in [2.75, 3.05) is 39.4 Å². The van der Waals surface area contributed by atoms with E-state index in [0.717, 1.165) is 11.3 Å². The van der Waals surface area contributed by atoms with Gasteiger partial charge in [0.15, 0.2) is 11.5 Å². The lowest BCUT2D eigenvalue weighted by molar-refractivity contribution is -0.117. The van der Waals surface area contributed by atoms with Gasteiger partial charge in [0.2, 0.25) is 23.4 Å². The van der Waals surface area contributed by atoms with Crippen molar-refractivity contribution < 1.29 is 28.3 Å². The molecule has 1 aromatic heterocycles. The van der Waals surface area contributed by atoms with Crippen LogP contribution in [0.2, 0.25) is 0 Å². The lowest BCUT2D eigenvalue weighted by Crippen LogP contribution is -2.24. The predicted octanol–water partition coefficient (Wildman–Crippen LogP) is 3.68. The van der Waals surface area contributed by atoms with Gasteiger partial charge in [-0.15, -0.1) is 0 Å². The van der Waals surface area contributed by atoms with Crippen molar-refractivity contribution in [3.05, 3.63) is 42.3 Å². The van der Waals surface area contributed by atoms with Crippen LogP contribution in [0.15, 0.2) is 40.9 Å². The number of anilines is 1. The first-order chi connectivity index (χ1) is 15.6. The van der Waals surface area contributed by atoms with Crippen LogP contribution in [0.5, 0.6) is 23.0 Å². The zero-order valence-electron chi connectivity index (χ0n) is 18.5. The number of carbonyl (C=O) groups is 1. The molecule has 1 aliphatic heterocycles. The van der Waals surface area contributed by atoms with Crippen molar-refractivity contribution in [3.8, 4) is 34.4 Å². The predicted molar refractivity (Wildman–Crippen MR) is 117 cm³/mol. The van der Waals surface area contributed by atoms with E-state index in [1.807, 2.05) is 31.2 Å². The summed E-state index contributed by atoms with van der Waals surface area (Å²) in [7, 11) is 4.61. The molecule has 1 unspecified atom stereocenters. The van der Waals surface area contributed by atoms with Gasteiger partial charge in [0.05, 0.1) is 39.5 Å². The first kappa shape index (κ1) is 21.5.